The molecular formula is C28H27BrN4O4. The topological polar surface area (TPSA) is 94.8 Å². The minimum absolute atomic E-state index is 0.000564. The van der Waals surface area contributed by atoms with E-state index < -0.39 is 0 Å². The highest BCUT2D eigenvalue weighted by molar-refractivity contribution is 9.10. The van der Waals surface area contributed by atoms with Gasteiger partial charge in [-0.3, -0.25) is 9.59 Å². The lowest BCUT2D eigenvalue weighted by molar-refractivity contribution is -0.118. The summed E-state index contributed by atoms with van der Waals surface area (Å²) < 4.78 is 13.4. The number of aromatic nitrogens is 2. The number of rotatable bonds is 9. The van der Waals surface area contributed by atoms with Crippen LogP contribution in [0.2, 0.25) is 0 Å². The molecule has 0 aliphatic carbocycles. The Labute approximate surface area is 223 Å². The number of halogens is 1. The average Bonchev–Trinajstić information content (AvgIpc) is 2.91. The molecule has 0 unspecified atom stereocenters. The maximum atomic E-state index is 13.4. The number of carbonyl (C=O) groups excluding carboxylic acids is 1. The van der Waals surface area contributed by atoms with Crippen molar-refractivity contribution in [3.63, 3.8) is 0 Å². The van der Waals surface area contributed by atoms with Crippen LogP contribution in [-0.2, 0) is 4.79 Å². The molecule has 4 aromatic rings. The van der Waals surface area contributed by atoms with E-state index in [0.717, 1.165) is 10.9 Å². The molecule has 1 N–H and O–H groups in total. The van der Waals surface area contributed by atoms with Crippen molar-refractivity contribution in [2.75, 3.05) is 19.0 Å². The molecule has 1 atom stereocenters. The molecule has 190 valence electrons. The molecule has 0 radical (unpaired) electrons. The predicted molar refractivity (Wildman–Crippen MR) is 149 cm³/mol. The van der Waals surface area contributed by atoms with Crippen LogP contribution < -0.4 is 20.3 Å². The fourth-order valence-electron chi connectivity index (χ4n) is 3.70. The van der Waals surface area contributed by atoms with Crippen LogP contribution in [0.4, 0.5) is 5.69 Å². The number of hydrogen-bond donors (Lipinski definition) is 1. The van der Waals surface area contributed by atoms with Crippen molar-refractivity contribution in [2.45, 2.75) is 26.2 Å². The monoisotopic (exact) mass is 562 g/mol. The predicted octanol–water partition coefficient (Wildman–Crippen LogP) is 5.58. The molecule has 8 nitrogen and oxygen atoms in total. The van der Waals surface area contributed by atoms with Gasteiger partial charge in [0.15, 0.2) is 18.1 Å². The van der Waals surface area contributed by atoms with Crippen LogP contribution in [0.15, 0.2) is 81.1 Å². The number of nitrogens with one attached hydrogen (secondary N) is 1. The van der Waals surface area contributed by atoms with Gasteiger partial charge in [0.2, 0.25) is 0 Å². The quantitative estimate of drug-likeness (QED) is 0.269. The van der Waals surface area contributed by atoms with E-state index in [1.54, 1.807) is 36.4 Å². The summed E-state index contributed by atoms with van der Waals surface area (Å²) in [4.78, 5) is 30.6. The van der Waals surface area contributed by atoms with Crippen molar-refractivity contribution >= 4 is 44.6 Å². The van der Waals surface area contributed by atoms with Crippen LogP contribution >= 0.6 is 15.9 Å². The summed E-state index contributed by atoms with van der Waals surface area (Å²) in [5.74, 6) is 1.02. The molecule has 0 spiro atoms. The van der Waals surface area contributed by atoms with Crippen LogP contribution in [-0.4, -0.2) is 35.5 Å². The zero-order valence-corrected chi connectivity index (χ0v) is 22.4. The van der Waals surface area contributed by atoms with Gasteiger partial charge >= 0.3 is 0 Å². The average molecular weight is 563 g/mol. The first-order valence-electron chi connectivity index (χ1n) is 11.8. The van der Waals surface area contributed by atoms with E-state index in [4.69, 9.17) is 14.5 Å². The summed E-state index contributed by atoms with van der Waals surface area (Å²) >= 11 is 3.43. The molecule has 0 fully saturated rings. The number of benzene rings is 3. The summed E-state index contributed by atoms with van der Waals surface area (Å²) in [7, 11) is 1.52. The first kappa shape index (κ1) is 26.1. The van der Waals surface area contributed by atoms with Crippen LogP contribution in [0.25, 0.3) is 10.9 Å². The first-order chi connectivity index (χ1) is 17.9. The zero-order chi connectivity index (χ0) is 26.4. The van der Waals surface area contributed by atoms with E-state index in [-0.39, 0.29) is 24.0 Å². The van der Waals surface area contributed by atoms with Crippen LogP contribution in [0.1, 0.15) is 37.6 Å². The van der Waals surface area contributed by atoms with Gasteiger partial charge in [-0.05, 0) is 48.9 Å². The summed E-state index contributed by atoms with van der Waals surface area (Å²) in [6, 6.07) is 19.8. The third-order valence-corrected chi connectivity index (χ3v) is 6.33. The summed E-state index contributed by atoms with van der Waals surface area (Å²) in [6.45, 7) is 3.80. The van der Waals surface area contributed by atoms with Crippen molar-refractivity contribution in [1.82, 2.24) is 9.66 Å². The van der Waals surface area contributed by atoms with Crippen molar-refractivity contribution < 1.29 is 14.3 Å². The van der Waals surface area contributed by atoms with Crippen molar-refractivity contribution in [2.24, 2.45) is 5.10 Å². The van der Waals surface area contributed by atoms with E-state index in [9.17, 15) is 9.59 Å². The number of anilines is 1. The highest BCUT2D eigenvalue weighted by atomic mass is 79.9. The lowest BCUT2D eigenvalue weighted by Crippen LogP contribution is -2.24. The second kappa shape index (κ2) is 11.8. The van der Waals surface area contributed by atoms with Crippen LogP contribution in [0.5, 0.6) is 11.5 Å². The maximum absolute atomic E-state index is 13.4. The number of methoxy groups -OCH3 is 1. The third-order valence-electron chi connectivity index (χ3n) is 5.83. The Morgan fingerprint density at radius 3 is 2.68 bits per heavy atom. The number of amides is 1. The number of fused-ring (bicyclic) bond motifs is 1. The molecule has 4 rings (SSSR count). The van der Waals surface area contributed by atoms with E-state index in [1.807, 2.05) is 44.2 Å². The Morgan fingerprint density at radius 2 is 1.95 bits per heavy atom. The molecule has 1 aromatic heterocycles. The summed E-state index contributed by atoms with van der Waals surface area (Å²) in [5.41, 5.74) is 1.56. The molecule has 9 heteroatoms. The zero-order valence-electron chi connectivity index (χ0n) is 20.8. The van der Waals surface area contributed by atoms with Crippen LogP contribution in [0, 0.1) is 0 Å². The van der Waals surface area contributed by atoms with Gasteiger partial charge in [0, 0.05) is 21.6 Å². The number of hydrogen-bond acceptors (Lipinski definition) is 6. The Balaban J connectivity index is 1.68. The van der Waals surface area contributed by atoms with Crippen molar-refractivity contribution in [3.05, 3.63) is 92.9 Å². The molecular weight excluding hydrogens is 536 g/mol. The molecule has 0 saturated carbocycles. The number of ether oxygens (including phenoxy) is 2. The smallest absolute Gasteiger partial charge is 0.282 e. The van der Waals surface area contributed by atoms with Crippen molar-refractivity contribution in [3.8, 4) is 11.5 Å². The fraction of sp³-hybridized carbons (Fsp3) is 0.214. The SMILES string of the molecule is CC[C@@H](C)c1nc2ccc(Br)cc2c(=O)n1N=Cc1cccc(OC)c1OCC(=O)Nc1ccccc1. The lowest BCUT2D eigenvalue weighted by Gasteiger charge is -2.15. The molecule has 0 aliphatic heterocycles. The van der Waals surface area contributed by atoms with Gasteiger partial charge in [-0.2, -0.15) is 9.78 Å². The molecule has 0 aliphatic rings. The van der Waals surface area contributed by atoms with E-state index in [1.165, 1.54) is 18.0 Å². The molecule has 1 heterocycles. The minimum Gasteiger partial charge on any atom is -0.493 e. The second-order valence-electron chi connectivity index (χ2n) is 8.38. The number of carbonyl (C=O) groups is 1. The Hall–Kier alpha value is -3.98. The number of para-hydroxylation sites is 2. The highest BCUT2D eigenvalue weighted by Gasteiger charge is 2.17. The Morgan fingerprint density at radius 1 is 1.16 bits per heavy atom. The second-order valence-corrected chi connectivity index (χ2v) is 9.30. The van der Waals surface area contributed by atoms with E-state index in [0.29, 0.717) is 39.5 Å². The molecule has 0 bridgehead atoms. The van der Waals surface area contributed by atoms with Crippen LogP contribution in [0.3, 0.4) is 0 Å². The Bertz CT molecular complexity index is 1500. The van der Waals surface area contributed by atoms with Crippen molar-refractivity contribution in [1.29, 1.82) is 0 Å². The summed E-state index contributed by atoms with van der Waals surface area (Å²) in [5, 5.41) is 7.76. The minimum atomic E-state index is -0.320. The van der Waals surface area contributed by atoms with Gasteiger partial charge in [-0.15, -0.1) is 0 Å². The van der Waals surface area contributed by atoms with E-state index in [2.05, 4.69) is 26.3 Å². The first-order valence-corrected chi connectivity index (χ1v) is 12.6. The Kier molecular flexibility index (Phi) is 8.35. The standard InChI is InChI=1S/C28H27BrN4O4/c1-4-18(2)27-32-23-14-13-20(29)15-22(23)28(35)33(27)30-16-19-9-8-12-24(36-3)26(19)37-17-25(34)31-21-10-6-5-7-11-21/h5-16,18H,4,17H2,1-3H3,(H,31,34)/t18-/m1/s1. The lowest BCUT2D eigenvalue weighted by atomic mass is 10.1. The molecule has 1 amide bonds. The van der Waals surface area contributed by atoms with Gasteiger partial charge < -0.3 is 14.8 Å². The summed E-state index contributed by atoms with van der Waals surface area (Å²) in [6.07, 6.45) is 2.31. The van der Waals surface area contributed by atoms with Gasteiger partial charge in [-0.1, -0.05) is 54.0 Å². The fourth-order valence-corrected chi connectivity index (χ4v) is 4.07. The van der Waals surface area contributed by atoms with E-state index >= 15 is 0 Å². The van der Waals surface area contributed by atoms with Gasteiger partial charge in [0.1, 0.15) is 5.82 Å². The molecule has 0 saturated heterocycles. The normalized spacial score (nSPS) is 12.0. The number of nitrogens with zero attached hydrogens (tertiary/aromatic N) is 3. The van der Waals surface area contributed by atoms with Gasteiger partial charge in [0.05, 0.1) is 24.2 Å². The van der Waals surface area contributed by atoms with Gasteiger partial charge in [-0.25, -0.2) is 4.98 Å². The van der Waals surface area contributed by atoms with Gasteiger partial charge in [0.25, 0.3) is 11.5 Å². The third kappa shape index (κ3) is 6.06. The maximum Gasteiger partial charge on any atom is 0.282 e. The molecule has 3 aromatic carbocycles. The largest absolute Gasteiger partial charge is 0.493 e. The molecule has 37 heavy (non-hydrogen) atoms. The highest BCUT2D eigenvalue weighted by Crippen LogP contribution is 2.30.